The molecule has 0 bridgehead atoms. The van der Waals surface area contributed by atoms with E-state index in [-0.39, 0.29) is 23.2 Å². The number of nitrogens with two attached hydrogens (primary N) is 1. The van der Waals surface area contributed by atoms with E-state index in [1.807, 2.05) is 0 Å². The summed E-state index contributed by atoms with van der Waals surface area (Å²) in [4.78, 5) is 14.3. The summed E-state index contributed by atoms with van der Waals surface area (Å²) in [6.07, 6.45) is 1.85. The average molecular weight is 348 g/mol. The zero-order valence-corrected chi connectivity index (χ0v) is 14.1. The predicted octanol–water partition coefficient (Wildman–Crippen LogP) is 0.827. The molecular formula is C14H22ClN3O3S. The number of nitrogens with zero attached hydrogens (tertiary/aromatic N) is 1. The molecule has 0 aliphatic carbocycles. The van der Waals surface area contributed by atoms with Gasteiger partial charge in [-0.3, -0.25) is 4.79 Å². The Labute approximate surface area is 137 Å². The van der Waals surface area contributed by atoms with Gasteiger partial charge in [-0.1, -0.05) is 0 Å². The number of hydrogen-bond acceptors (Lipinski definition) is 4. The van der Waals surface area contributed by atoms with Crippen molar-refractivity contribution >= 4 is 28.3 Å². The summed E-state index contributed by atoms with van der Waals surface area (Å²) in [7, 11) is -2.11. The molecule has 0 saturated carbocycles. The molecule has 1 fully saturated rings. The zero-order chi connectivity index (χ0) is 15.5. The van der Waals surface area contributed by atoms with Crippen molar-refractivity contribution in [2.24, 2.45) is 11.7 Å². The Morgan fingerprint density at radius 1 is 1.27 bits per heavy atom. The maximum atomic E-state index is 12.4. The van der Waals surface area contributed by atoms with Crippen LogP contribution in [0.25, 0.3) is 0 Å². The Bertz CT molecular complexity index is 596. The highest BCUT2D eigenvalue weighted by Crippen LogP contribution is 2.19. The number of likely N-dealkylation sites (tertiary alicyclic amines) is 1. The average Bonchev–Trinajstić information content (AvgIpc) is 2.54. The van der Waals surface area contributed by atoms with Crippen molar-refractivity contribution in [3.63, 3.8) is 0 Å². The minimum atomic E-state index is -3.46. The first-order valence-corrected chi connectivity index (χ1v) is 8.49. The SMILES string of the molecule is CNS(=O)(=O)c1ccc(C(=O)N2CCC(CN)CC2)cc1.Cl. The molecule has 1 aliphatic heterocycles. The van der Waals surface area contributed by atoms with Gasteiger partial charge in [0.05, 0.1) is 4.90 Å². The molecule has 1 heterocycles. The van der Waals surface area contributed by atoms with E-state index in [2.05, 4.69) is 4.72 Å². The Hall–Kier alpha value is -1.15. The minimum Gasteiger partial charge on any atom is -0.339 e. The summed E-state index contributed by atoms with van der Waals surface area (Å²) in [6, 6.07) is 6.01. The second-order valence-corrected chi connectivity index (χ2v) is 7.09. The van der Waals surface area contributed by atoms with Crippen molar-refractivity contribution in [3.8, 4) is 0 Å². The standard InChI is InChI=1S/C14H21N3O3S.ClH/c1-16-21(19,20)13-4-2-12(3-5-13)14(18)17-8-6-11(10-15)7-9-17;/h2-5,11,16H,6-10,15H2,1H3;1H. The van der Waals surface area contributed by atoms with Gasteiger partial charge in [-0.2, -0.15) is 0 Å². The number of amides is 1. The fourth-order valence-electron chi connectivity index (χ4n) is 2.45. The van der Waals surface area contributed by atoms with Crippen LogP contribution in [0.1, 0.15) is 23.2 Å². The summed E-state index contributed by atoms with van der Waals surface area (Å²) in [5, 5.41) is 0. The number of hydrogen-bond donors (Lipinski definition) is 2. The van der Waals surface area contributed by atoms with Gasteiger partial charge in [0.1, 0.15) is 0 Å². The third-order valence-electron chi connectivity index (χ3n) is 3.92. The number of sulfonamides is 1. The van der Waals surface area contributed by atoms with Gasteiger partial charge >= 0.3 is 0 Å². The van der Waals surface area contributed by atoms with Crippen LogP contribution in [0.2, 0.25) is 0 Å². The smallest absolute Gasteiger partial charge is 0.253 e. The van der Waals surface area contributed by atoms with Crippen molar-refractivity contribution in [3.05, 3.63) is 29.8 Å². The molecule has 0 unspecified atom stereocenters. The first-order chi connectivity index (χ1) is 9.97. The fraction of sp³-hybridized carbons (Fsp3) is 0.500. The molecule has 2 rings (SSSR count). The molecule has 0 radical (unpaired) electrons. The first-order valence-electron chi connectivity index (χ1n) is 7.01. The topological polar surface area (TPSA) is 92.5 Å². The third-order valence-corrected chi connectivity index (χ3v) is 5.35. The lowest BCUT2D eigenvalue weighted by Gasteiger charge is -2.31. The molecule has 22 heavy (non-hydrogen) atoms. The van der Waals surface area contributed by atoms with E-state index >= 15 is 0 Å². The van der Waals surface area contributed by atoms with Gasteiger partial charge in [-0.15, -0.1) is 12.4 Å². The van der Waals surface area contributed by atoms with E-state index in [4.69, 9.17) is 5.73 Å². The lowest BCUT2D eigenvalue weighted by Crippen LogP contribution is -2.40. The molecule has 1 saturated heterocycles. The van der Waals surface area contributed by atoms with Gasteiger partial charge in [-0.25, -0.2) is 13.1 Å². The second kappa shape index (κ2) is 7.92. The quantitative estimate of drug-likeness (QED) is 0.843. The van der Waals surface area contributed by atoms with Gasteiger partial charge in [0, 0.05) is 18.7 Å². The molecule has 6 nitrogen and oxygen atoms in total. The van der Waals surface area contributed by atoms with Crippen LogP contribution < -0.4 is 10.5 Å². The normalized spacial score (nSPS) is 16.2. The number of benzene rings is 1. The zero-order valence-electron chi connectivity index (χ0n) is 12.5. The maximum absolute atomic E-state index is 12.4. The van der Waals surface area contributed by atoms with Crippen molar-refractivity contribution in [2.75, 3.05) is 26.7 Å². The molecule has 1 aromatic carbocycles. The highest BCUT2D eigenvalue weighted by molar-refractivity contribution is 7.89. The van der Waals surface area contributed by atoms with Crippen LogP contribution in [-0.4, -0.2) is 45.9 Å². The number of carbonyl (C=O) groups excluding carboxylic acids is 1. The summed E-state index contributed by atoms with van der Waals surface area (Å²) in [6.45, 7) is 2.08. The van der Waals surface area contributed by atoms with Gasteiger partial charge < -0.3 is 10.6 Å². The van der Waals surface area contributed by atoms with Gasteiger partial charge in [-0.05, 0) is 56.6 Å². The van der Waals surface area contributed by atoms with Crippen molar-refractivity contribution in [1.82, 2.24) is 9.62 Å². The molecular weight excluding hydrogens is 326 g/mol. The van der Waals surface area contributed by atoms with Gasteiger partial charge in [0.15, 0.2) is 0 Å². The number of carbonyl (C=O) groups is 1. The Balaban J connectivity index is 0.00000242. The molecule has 0 aromatic heterocycles. The number of piperidine rings is 1. The van der Waals surface area contributed by atoms with E-state index in [1.165, 1.54) is 19.2 Å². The van der Waals surface area contributed by atoms with Crippen LogP contribution in [0, 0.1) is 5.92 Å². The van der Waals surface area contributed by atoms with Gasteiger partial charge in [0.25, 0.3) is 5.91 Å². The van der Waals surface area contributed by atoms with E-state index in [1.54, 1.807) is 17.0 Å². The van der Waals surface area contributed by atoms with Crippen LogP contribution in [0.3, 0.4) is 0 Å². The largest absolute Gasteiger partial charge is 0.339 e. The molecule has 8 heteroatoms. The molecule has 1 aromatic rings. The number of rotatable bonds is 4. The van der Waals surface area contributed by atoms with Crippen LogP contribution in [-0.2, 0) is 10.0 Å². The van der Waals surface area contributed by atoms with E-state index in [0.717, 1.165) is 12.8 Å². The molecule has 1 amide bonds. The summed E-state index contributed by atoms with van der Waals surface area (Å²) in [5.74, 6) is 0.441. The van der Waals surface area contributed by atoms with Crippen LogP contribution in [0.15, 0.2) is 29.2 Å². The molecule has 3 N–H and O–H groups in total. The van der Waals surface area contributed by atoms with Crippen LogP contribution in [0.4, 0.5) is 0 Å². The monoisotopic (exact) mass is 347 g/mol. The Morgan fingerprint density at radius 2 is 1.82 bits per heavy atom. The number of halogens is 1. The summed E-state index contributed by atoms with van der Waals surface area (Å²) >= 11 is 0. The molecule has 1 aliphatic rings. The van der Waals surface area contributed by atoms with E-state index < -0.39 is 10.0 Å². The molecule has 0 spiro atoms. The molecule has 0 atom stereocenters. The number of nitrogens with one attached hydrogen (secondary N) is 1. The predicted molar refractivity (Wildman–Crippen MR) is 87.6 cm³/mol. The highest BCUT2D eigenvalue weighted by atomic mass is 35.5. The Morgan fingerprint density at radius 3 is 2.27 bits per heavy atom. The van der Waals surface area contributed by atoms with Crippen molar-refractivity contribution in [1.29, 1.82) is 0 Å². The van der Waals surface area contributed by atoms with E-state index in [9.17, 15) is 13.2 Å². The lowest BCUT2D eigenvalue weighted by molar-refractivity contribution is 0.0693. The Kier molecular flexibility index (Phi) is 6.80. The molecule has 124 valence electrons. The minimum absolute atomic E-state index is 0. The fourth-order valence-corrected chi connectivity index (χ4v) is 3.18. The van der Waals surface area contributed by atoms with Crippen molar-refractivity contribution < 1.29 is 13.2 Å². The van der Waals surface area contributed by atoms with E-state index in [0.29, 0.717) is 31.1 Å². The van der Waals surface area contributed by atoms with Crippen LogP contribution in [0.5, 0.6) is 0 Å². The lowest BCUT2D eigenvalue weighted by atomic mass is 9.96. The van der Waals surface area contributed by atoms with Crippen molar-refractivity contribution in [2.45, 2.75) is 17.7 Å². The highest BCUT2D eigenvalue weighted by Gasteiger charge is 2.23. The van der Waals surface area contributed by atoms with Gasteiger partial charge in [0.2, 0.25) is 10.0 Å². The third kappa shape index (κ3) is 4.19. The summed E-state index contributed by atoms with van der Waals surface area (Å²) < 4.78 is 25.5. The first kappa shape index (κ1) is 18.9. The van der Waals surface area contributed by atoms with Crippen LogP contribution >= 0.6 is 12.4 Å². The second-order valence-electron chi connectivity index (χ2n) is 5.20. The summed E-state index contributed by atoms with van der Waals surface area (Å²) in [5.41, 5.74) is 6.15. The maximum Gasteiger partial charge on any atom is 0.253 e.